The number of nitrogens with zero attached hydrogens (tertiary/aromatic N) is 1. The van der Waals surface area contributed by atoms with E-state index in [-0.39, 0.29) is 12.4 Å². The third-order valence-corrected chi connectivity index (χ3v) is 4.42. The first-order valence-electron chi connectivity index (χ1n) is 7.71. The Labute approximate surface area is 142 Å². The molecule has 0 radical (unpaired) electrons. The smallest absolute Gasteiger partial charge is 0.412 e. The molecule has 0 atom stereocenters. The van der Waals surface area contributed by atoms with Crippen molar-refractivity contribution in [3.8, 4) is 16.9 Å². The number of carbonyl (C=O) groups is 1. The number of carbonyl (C=O) groups excluding carboxylic acids is 1. The minimum Gasteiger partial charge on any atom is -0.485 e. The number of halogens is 1. The minimum absolute atomic E-state index is 0.154. The summed E-state index contributed by atoms with van der Waals surface area (Å²) in [6.45, 7) is 3.77. The van der Waals surface area contributed by atoms with Crippen LogP contribution in [-0.4, -0.2) is 17.5 Å². The Bertz CT molecular complexity index is 937. The van der Waals surface area contributed by atoms with E-state index in [4.69, 9.17) is 14.7 Å². The Morgan fingerprint density at radius 3 is 2.88 bits per heavy atom. The maximum atomic E-state index is 14.3. The molecule has 0 fully saturated rings. The van der Waals surface area contributed by atoms with Gasteiger partial charge in [-0.05, 0) is 43.2 Å². The summed E-state index contributed by atoms with van der Waals surface area (Å²) in [6.07, 6.45) is 0.644. The molecule has 2 aromatic rings. The topological polar surface area (TPSA) is 80.2 Å². The summed E-state index contributed by atoms with van der Waals surface area (Å²) in [7, 11) is 0. The second kappa shape index (κ2) is 5.20. The van der Waals surface area contributed by atoms with Gasteiger partial charge in [0.15, 0.2) is 11.6 Å². The molecule has 4 rings (SSSR count). The maximum absolute atomic E-state index is 14.3. The monoisotopic (exact) mass is 342 g/mol. The second-order valence-electron chi connectivity index (χ2n) is 6.45. The van der Waals surface area contributed by atoms with Crippen molar-refractivity contribution in [2.24, 2.45) is 5.16 Å². The first kappa shape index (κ1) is 15.4. The zero-order chi connectivity index (χ0) is 17.8. The summed E-state index contributed by atoms with van der Waals surface area (Å²) < 4.78 is 25.4. The van der Waals surface area contributed by atoms with Crippen LogP contribution < -0.4 is 10.1 Å². The lowest BCUT2D eigenvalue weighted by molar-refractivity contribution is 0.0405. The van der Waals surface area contributed by atoms with Gasteiger partial charge >= 0.3 is 6.09 Å². The molecule has 2 aromatic carbocycles. The van der Waals surface area contributed by atoms with Crippen LogP contribution in [0.1, 0.15) is 30.5 Å². The van der Waals surface area contributed by atoms with Gasteiger partial charge in [0.1, 0.15) is 12.2 Å². The summed E-state index contributed by atoms with van der Waals surface area (Å²) in [5.41, 5.74) is 3.21. The van der Waals surface area contributed by atoms with Gasteiger partial charge in [-0.1, -0.05) is 11.2 Å². The molecule has 0 saturated heterocycles. The zero-order valence-electron chi connectivity index (χ0n) is 13.6. The average molecular weight is 342 g/mol. The van der Waals surface area contributed by atoms with E-state index in [1.165, 1.54) is 6.07 Å². The molecule has 1 amide bonds. The molecule has 0 unspecified atom stereocenters. The number of hydrogen-bond acceptors (Lipinski definition) is 5. The van der Waals surface area contributed by atoms with Crippen molar-refractivity contribution in [3.05, 3.63) is 46.8 Å². The Morgan fingerprint density at radius 1 is 1.32 bits per heavy atom. The molecular formula is C18H15FN2O4. The number of hydrogen-bond donors (Lipinski definition) is 2. The average Bonchev–Trinajstić information content (AvgIpc) is 2.53. The number of benzene rings is 2. The van der Waals surface area contributed by atoms with E-state index in [9.17, 15) is 9.18 Å². The molecule has 2 aliphatic rings. The molecule has 2 aliphatic heterocycles. The summed E-state index contributed by atoms with van der Waals surface area (Å²) in [4.78, 5) is 11.7. The molecule has 2 N–H and O–H groups in total. The van der Waals surface area contributed by atoms with Crippen LogP contribution in [0.15, 0.2) is 29.4 Å². The van der Waals surface area contributed by atoms with E-state index in [0.717, 1.165) is 22.9 Å². The fourth-order valence-corrected chi connectivity index (χ4v) is 3.51. The van der Waals surface area contributed by atoms with E-state index in [2.05, 4.69) is 10.5 Å². The maximum Gasteiger partial charge on any atom is 0.412 e. The van der Waals surface area contributed by atoms with Crippen molar-refractivity contribution in [2.75, 3.05) is 5.32 Å². The molecule has 0 saturated carbocycles. The Kier molecular flexibility index (Phi) is 3.21. The van der Waals surface area contributed by atoms with Crippen molar-refractivity contribution in [2.45, 2.75) is 26.1 Å². The molecule has 0 aliphatic carbocycles. The fraction of sp³-hybridized carbons (Fsp3) is 0.222. The molecular weight excluding hydrogens is 327 g/mol. The lowest BCUT2D eigenvalue weighted by Crippen LogP contribution is -2.36. The quantitative estimate of drug-likeness (QED) is 0.466. The van der Waals surface area contributed by atoms with Gasteiger partial charge in [0.2, 0.25) is 0 Å². The van der Waals surface area contributed by atoms with Gasteiger partial charge < -0.3 is 14.7 Å². The summed E-state index contributed by atoms with van der Waals surface area (Å²) in [5.74, 6) is -0.374. The Balaban J connectivity index is 1.97. The largest absolute Gasteiger partial charge is 0.485 e. The Morgan fingerprint density at radius 2 is 2.12 bits per heavy atom. The summed E-state index contributed by atoms with van der Waals surface area (Å²) >= 11 is 0. The van der Waals surface area contributed by atoms with E-state index < -0.39 is 17.5 Å². The van der Waals surface area contributed by atoms with Gasteiger partial charge in [0.05, 0.1) is 11.9 Å². The summed E-state index contributed by atoms with van der Waals surface area (Å²) in [5, 5.41) is 14.4. The lowest BCUT2D eigenvalue weighted by Gasteiger charge is -2.36. The van der Waals surface area contributed by atoms with E-state index >= 15 is 0 Å². The SMILES string of the molecule is CC1(C)OC(=O)Nc2ccc3c(c21)COc1c(F)cc(/C=N\O)cc1-3. The molecule has 2 heterocycles. The van der Waals surface area contributed by atoms with Crippen LogP contribution in [0.25, 0.3) is 11.1 Å². The predicted molar refractivity (Wildman–Crippen MR) is 88.7 cm³/mol. The van der Waals surface area contributed by atoms with Crippen LogP contribution in [0, 0.1) is 5.82 Å². The third kappa shape index (κ3) is 2.31. The second-order valence-corrected chi connectivity index (χ2v) is 6.45. The molecule has 128 valence electrons. The standard InChI is InChI=1S/C18H15FN2O4/c1-18(2)15-12-8-24-16-11(5-9(7-20-23)6-13(16)19)10(12)3-4-14(15)21-17(22)25-18/h3-7,23H,8H2,1-2H3,(H,21,22)/b20-7-. The molecule has 25 heavy (non-hydrogen) atoms. The van der Waals surface area contributed by atoms with Crippen LogP contribution in [0.4, 0.5) is 14.9 Å². The van der Waals surface area contributed by atoms with Gasteiger partial charge in [-0.3, -0.25) is 5.32 Å². The van der Waals surface area contributed by atoms with Crippen molar-refractivity contribution in [3.63, 3.8) is 0 Å². The number of nitrogens with one attached hydrogen (secondary N) is 1. The number of amides is 1. The molecule has 0 aromatic heterocycles. The van der Waals surface area contributed by atoms with Crippen molar-refractivity contribution in [1.29, 1.82) is 0 Å². The van der Waals surface area contributed by atoms with Gasteiger partial charge in [0.25, 0.3) is 0 Å². The first-order valence-corrected chi connectivity index (χ1v) is 7.71. The molecule has 7 heteroatoms. The number of anilines is 1. The first-order chi connectivity index (χ1) is 11.9. The van der Waals surface area contributed by atoms with Crippen molar-refractivity contribution >= 4 is 18.0 Å². The van der Waals surface area contributed by atoms with Crippen LogP contribution in [0.5, 0.6) is 5.75 Å². The van der Waals surface area contributed by atoms with E-state index in [0.29, 0.717) is 16.8 Å². The summed E-state index contributed by atoms with van der Waals surface area (Å²) in [6, 6.07) is 6.53. The number of oxime groups is 1. The number of ether oxygens (including phenoxy) is 2. The third-order valence-electron chi connectivity index (χ3n) is 4.42. The van der Waals surface area contributed by atoms with Gasteiger partial charge in [-0.15, -0.1) is 0 Å². The van der Waals surface area contributed by atoms with E-state index in [1.807, 2.05) is 6.07 Å². The number of fused-ring (bicyclic) bond motifs is 5. The van der Waals surface area contributed by atoms with Crippen LogP contribution in [0.3, 0.4) is 0 Å². The van der Waals surface area contributed by atoms with Crippen LogP contribution in [0.2, 0.25) is 0 Å². The lowest BCUT2D eigenvalue weighted by atomic mass is 9.84. The molecule has 6 nitrogen and oxygen atoms in total. The molecule has 0 spiro atoms. The Hall–Kier alpha value is -3.09. The minimum atomic E-state index is -0.841. The highest BCUT2D eigenvalue weighted by Gasteiger charge is 2.38. The predicted octanol–water partition coefficient (Wildman–Crippen LogP) is 3.99. The zero-order valence-corrected chi connectivity index (χ0v) is 13.6. The van der Waals surface area contributed by atoms with Gasteiger partial charge in [-0.2, -0.15) is 0 Å². The highest BCUT2D eigenvalue weighted by atomic mass is 19.1. The van der Waals surface area contributed by atoms with Gasteiger partial charge in [0, 0.05) is 16.7 Å². The highest BCUT2D eigenvalue weighted by molar-refractivity contribution is 5.92. The van der Waals surface area contributed by atoms with Crippen molar-refractivity contribution < 1.29 is 23.9 Å². The molecule has 0 bridgehead atoms. The van der Waals surface area contributed by atoms with Crippen LogP contribution in [-0.2, 0) is 16.9 Å². The van der Waals surface area contributed by atoms with Crippen molar-refractivity contribution in [1.82, 2.24) is 0 Å². The number of cyclic esters (lactones) is 1. The normalized spacial score (nSPS) is 17.0. The number of rotatable bonds is 1. The van der Waals surface area contributed by atoms with Crippen LogP contribution >= 0.6 is 0 Å². The fourth-order valence-electron chi connectivity index (χ4n) is 3.51. The highest BCUT2D eigenvalue weighted by Crippen LogP contribution is 2.47. The van der Waals surface area contributed by atoms with Gasteiger partial charge in [-0.25, -0.2) is 9.18 Å². The van der Waals surface area contributed by atoms with E-state index in [1.54, 1.807) is 26.0 Å².